The Morgan fingerprint density at radius 3 is 2.95 bits per heavy atom. The molecule has 1 heterocycles. The van der Waals surface area contributed by atoms with Gasteiger partial charge in [0.1, 0.15) is 6.61 Å². The smallest absolute Gasteiger partial charge is 0.246 e. The molecule has 1 unspecified atom stereocenters. The first-order chi connectivity index (χ1) is 9.34. The monoisotopic (exact) mass is 262 g/mol. The third-order valence-electron chi connectivity index (χ3n) is 3.38. The van der Waals surface area contributed by atoms with Crippen LogP contribution in [-0.4, -0.2) is 32.1 Å². The second-order valence-corrected chi connectivity index (χ2v) is 4.98. The molecule has 1 aromatic carbocycles. The van der Waals surface area contributed by atoms with Crippen LogP contribution in [0.1, 0.15) is 18.4 Å². The molecule has 1 aliphatic heterocycles. The number of hydrogen-bond acceptors (Lipinski definition) is 3. The fourth-order valence-electron chi connectivity index (χ4n) is 2.26. The highest BCUT2D eigenvalue weighted by molar-refractivity contribution is 5.77. The molecule has 1 aliphatic rings. The van der Waals surface area contributed by atoms with Gasteiger partial charge in [-0.05, 0) is 37.4 Å². The predicted molar refractivity (Wildman–Crippen MR) is 74.7 cm³/mol. The molecule has 0 bridgehead atoms. The average Bonchev–Trinajstić information content (AvgIpc) is 2.93. The summed E-state index contributed by atoms with van der Waals surface area (Å²) < 4.78 is 5.38. The van der Waals surface area contributed by atoms with Gasteiger partial charge in [0.05, 0.1) is 6.61 Å². The van der Waals surface area contributed by atoms with Crippen LogP contribution in [0.25, 0.3) is 0 Å². The fourth-order valence-corrected chi connectivity index (χ4v) is 2.26. The highest BCUT2D eigenvalue weighted by atomic mass is 16.5. The first-order valence-electron chi connectivity index (χ1n) is 6.93. The molecule has 1 amide bonds. The molecular formula is C15H22N2O2. The number of nitrogens with one attached hydrogen (secondary N) is 2. The second-order valence-electron chi connectivity index (χ2n) is 4.98. The summed E-state index contributed by atoms with van der Waals surface area (Å²) >= 11 is 0. The lowest BCUT2D eigenvalue weighted by Gasteiger charge is -2.09. The van der Waals surface area contributed by atoms with Gasteiger partial charge in [-0.3, -0.25) is 4.79 Å². The van der Waals surface area contributed by atoms with Crippen LogP contribution >= 0.6 is 0 Å². The van der Waals surface area contributed by atoms with Gasteiger partial charge in [0.25, 0.3) is 0 Å². The quantitative estimate of drug-likeness (QED) is 0.779. The zero-order chi connectivity index (χ0) is 13.3. The SMILES string of the molecule is O=C(COCc1ccccc1)NCCC1CCNC1. The molecule has 1 atom stereocenters. The molecule has 0 aliphatic carbocycles. The van der Waals surface area contributed by atoms with Crippen molar-refractivity contribution >= 4 is 5.91 Å². The van der Waals surface area contributed by atoms with Gasteiger partial charge in [-0.1, -0.05) is 30.3 Å². The van der Waals surface area contributed by atoms with Gasteiger partial charge in [-0.2, -0.15) is 0 Å². The molecule has 0 radical (unpaired) electrons. The minimum Gasteiger partial charge on any atom is -0.367 e. The molecule has 0 aromatic heterocycles. The van der Waals surface area contributed by atoms with E-state index in [-0.39, 0.29) is 12.5 Å². The number of ether oxygens (including phenoxy) is 1. The number of benzene rings is 1. The van der Waals surface area contributed by atoms with Crippen molar-refractivity contribution in [3.05, 3.63) is 35.9 Å². The Morgan fingerprint density at radius 2 is 2.21 bits per heavy atom. The Labute approximate surface area is 114 Å². The normalized spacial score (nSPS) is 18.4. The van der Waals surface area contributed by atoms with Crippen molar-refractivity contribution in [3.8, 4) is 0 Å². The molecule has 2 N–H and O–H groups in total. The largest absolute Gasteiger partial charge is 0.367 e. The average molecular weight is 262 g/mol. The van der Waals surface area contributed by atoms with E-state index in [1.165, 1.54) is 6.42 Å². The van der Waals surface area contributed by atoms with Crippen LogP contribution in [0.3, 0.4) is 0 Å². The van der Waals surface area contributed by atoms with Crippen molar-refractivity contribution in [3.63, 3.8) is 0 Å². The standard InChI is InChI=1S/C15H22N2O2/c18-15(17-9-7-13-6-8-16-10-13)12-19-11-14-4-2-1-3-5-14/h1-5,13,16H,6-12H2,(H,17,18). The Hall–Kier alpha value is -1.39. The molecule has 2 rings (SSSR count). The van der Waals surface area contributed by atoms with Gasteiger partial charge >= 0.3 is 0 Å². The summed E-state index contributed by atoms with van der Waals surface area (Å²) in [6, 6.07) is 9.88. The molecule has 1 aromatic rings. The van der Waals surface area contributed by atoms with Crippen LogP contribution in [-0.2, 0) is 16.1 Å². The second kappa shape index (κ2) is 7.92. The lowest BCUT2D eigenvalue weighted by molar-refractivity contribution is -0.126. The number of hydrogen-bond donors (Lipinski definition) is 2. The molecule has 19 heavy (non-hydrogen) atoms. The van der Waals surface area contributed by atoms with Gasteiger partial charge in [0.2, 0.25) is 5.91 Å². The van der Waals surface area contributed by atoms with Crippen LogP contribution in [0.2, 0.25) is 0 Å². The van der Waals surface area contributed by atoms with Gasteiger partial charge in [0.15, 0.2) is 0 Å². The van der Waals surface area contributed by atoms with Crippen molar-refractivity contribution < 1.29 is 9.53 Å². The number of carbonyl (C=O) groups excluding carboxylic acids is 1. The maximum Gasteiger partial charge on any atom is 0.246 e. The van der Waals surface area contributed by atoms with E-state index in [2.05, 4.69) is 10.6 Å². The van der Waals surface area contributed by atoms with Gasteiger partial charge in [0, 0.05) is 6.54 Å². The summed E-state index contributed by atoms with van der Waals surface area (Å²) in [5, 5.41) is 6.23. The van der Waals surface area contributed by atoms with Crippen LogP contribution < -0.4 is 10.6 Å². The lowest BCUT2D eigenvalue weighted by atomic mass is 10.1. The summed E-state index contributed by atoms with van der Waals surface area (Å²) in [4.78, 5) is 11.6. The van der Waals surface area contributed by atoms with E-state index in [1.807, 2.05) is 30.3 Å². The Balaban J connectivity index is 1.52. The number of amides is 1. The summed E-state index contributed by atoms with van der Waals surface area (Å²) in [6.07, 6.45) is 2.28. The van der Waals surface area contributed by atoms with Crippen molar-refractivity contribution in [1.29, 1.82) is 0 Å². The molecule has 4 nitrogen and oxygen atoms in total. The Kier molecular flexibility index (Phi) is 5.85. The van der Waals surface area contributed by atoms with Crippen LogP contribution in [0, 0.1) is 5.92 Å². The van der Waals surface area contributed by atoms with Crippen molar-refractivity contribution in [2.45, 2.75) is 19.4 Å². The molecule has 1 saturated heterocycles. The molecular weight excluding hydrogens is 240 g/mol. The first-order valence-corrected chi connectivity index (χ1v) is 6.93. The Morgan fingerprint density at radius 1 is 1.37 bits per heavy atom. The summed E-state index contributed by atoms with van der Waals surface area (Å²) in [5.74, 6) is 0.687. The van der Waals surface area contributed by atoms with E-state index in [0.29, 0.717) is 12.5 Å². The Bertz CT molecular complexity index is 375. The van der Waals surface area contributed by atoms with E-state index in [1.54, 1.807) is 0 Å². The minimum atomic E-state index is -0.0260. The van der Waals surface area contributed by atoms with Crippen LogP contribution in [0.15, 0.2) is 30.3 Å². The number of carbonyl (C=O) groups is 1. The highest BCUT2D eigenvalue weighted by Gasteiger charge is 2.13. The summed E-state index contributed by atoms with van der Waals surface area (Å²) in [5.41, 5.74) is 1.09. The third kappa shape index (κ3) is 5.41. The molecule has 104 valence electrons. The number of rotatable bonds is 7. The highest BCUT2D eigenvalue weighted by Crippen LogP contribution is 2.10. The van der Waals surface area contributed by atoms with E-state index >= 15 is 0 Å². The van der Waals surface area contributed by atoms with Gasteiger partial charge < -0.3 is 15.4 Å². The molecule has 1 fully saturated rings. The third-order valence-corrected chi connectivity index (χ3v) is 3.38. The predicted octanol–water partition coefficient (Wildman–Crippen LogP) is 1.32. The van der Waals surface area contributed by atoms with Crippen molar-refractivity contribution in [1.82, 2.24) is 10.6 Å². The topological polar surface area (TPSA) is 50.4 Å². The lowest BCUT2D eigenvalue weighted by Crippen LogP contribution is -2.29. The van der Waals surface area contributed by atoms with Gasteiger partial charge in [-0.15, -0.1) is 0 Å². The molecule has 0 saturated carbocycles. The van der Waals surface area contributed by atoms with E-state index < -0.39 is 0 Å². The zero-order valence-electron chi connectivity index (χ0n) is 11.2. The molecule has 0 spiro atoms. The zero-order valence-corrected chi connectivity index (χ0v) is 11.2. The maximum absolute atomic E-state index is 11.6. The molecule has 4 heteroatoms. The summed E-state index contributed by atoms with van der Waals surface area (Å²) in [7, 11) is 0. The first kappa shape index (κ1) is 14.0. The maximum atomic E-state index is 11.6. The van der Waals surface area contributed by atoms with E-state index in [4.69, 9.17) is 4.74 Å². The fraction of sp³-hybridized carbons (Fsp3) is 0.533. The van der Waals surface area contributed by atoms with Crippen LogP contribution in [0.4, 0.5) is 0 Å². The minimum absolute atomic E-state index is 0.0260. The van der Waals surface area contributed by atoms with Crippen LogP contribution in [0.5, 0.6) is 0 Å². The van der Waals surface area contributed by atoms with Crippen molar-refractivity contribution in [2.24, 2.45) is 5.92 Å². The van der Waals surface area contributed by atoms with E-state index in [9.17, 15) is 4.79 Å². The van der Waals surface area contributed by atoms with E-state index in [0.717, 1.165) is 31.6 Å². The summed E-state index contributed by atoms with van der Waals surface area (Å²) in [6.45, 7) is 3.57. The van der Waals surface area contributed by atoms with Gasteiger partial charge in [-0.25, -0.2) is 0 Å². The van der Waals surface area contributed by atoms with Crippen molar-refractivity contribution in [2.75, 3.05) is 26.2 Å².